The third kappa shape index (κ3) is 13.4. The average molecular weight is 187 g/mol. The van der Waals surface area contributed by atoms with E-state index in [9.17, 15) is 4.79 Å². The first-order valence-corrected chi connectivity index (χ1v) is 3.65. The van der Waals surface area contributed by atoms with Crippen molar-refractivity contribution >= 4 is 12.0 Å². The van der Waals surface area contributed by atoms with E-state index in [0.717, 1.165) is 0 Å². The molecule has 13 heavy (non-hydrogen) atoms. The Hall–Kier alpha value is -1.61. The van der Waals surface area contributed by atoms with Gasteiger partial charge in [-0.25, -0.2) is 9.59 Å². The first-order chi connectivity index (χ1) is 6.09. The number of hydrogen-bond acceptors (Lipinski definition) is 4. The van der Waals surface area contributed by atoms with Crippen molar-refractivity contribution in [2.24, 2.45) is 5.16 Å². The fraction of sp³-hybridized carbons (Fsp3) is 0.500. The molecule has 0 rings (SSSR count). The van der Waals surface area contributed by atoms with Crippen LogP contribution in [0.4, 0.5) is 0 Å². The molecule has 0 unspecified atom stereocenters. The summed E-state index contributed by atoms with van der Waals surface area (Å²) in [4.78, 5) is 23.2. The summed E-state index contributed by atoms with van der Waals surface area (Å²) in [6.45, 7) is 5.42. The van der Waals surface area contributed by atoms with Crippen LogP contribution in [0.5, 0.6) is 0 Å². The van der Waals surface area contributed by atoms with E-state index in [2.05, 4.69) is 9.99 Å². The summed E-state index contributed by atoms with van der Waals surface area (Å²) in [5.41, 5.74) is 0.389. The van der Waals surface area contributed by atoms with Crippen molar-refractivity contribution < 1.29 is 19.5 Å². The molecule has 0 aromatic rings. The number of carbonyl (C=O) groups is 1. The van der Waals surface area contributed by atoms with Crippen molar-refractivity contribution in [1.29, 1.82) is 0 Å². The lowest BCUT2D eigenvalue weighted by atomic mass is 10.3. The lowest BCUT2D eigenvalue weighted by Crippen LogP contribution is -1.93. The molecule has 74 valence electrons. The maximum absolute atomic E-state index is 9.86. The molecule has 0 aliphatic rings. The van der Waals surface area contributed by atoms with Crippen LogP contribution in [0.3, 0.4) is 0 Å². The molecule has 0 fully saturated rings. The van der Waals surface area contributed by atoms with E-state index >= 15 is 0 Å². The number of nitrogens with zero attached hydrogens (tertiary/aromatic N) is 1. The fourth-order valence-electron chi connectivity index (χ4n) is 0.214. The zero-order valence-corrected chi connectivity index (χ0v) is 7.90. The standard InChI is InChI=1S/C5H8O2.C3H5NO2/c1-3-4(2)5(6)7;1-2-6-4-3-5/h3H,1-2H3,(H,6,7);2H2,1H3. The predicted octanol–water partition coefficient (Wildman–Crippen LogP) is 1.31. The topological polar surface area (TPSA) is 76.0 Å². The van der Waals surface area contributed by atoms with Gasteiger partial charge in [0.05, 0.1) is 0 Å². The highest BCUT2D eigenvalue weighted by atomic mass is 16.6. The number of aliphatic carboxylic acids is 1. The molecule has 0 atom stereocenters. The zero-order chi connectivity index (χ0) is 10.7. The summed E-state index contributed by atoms with van der Waals surface area (Å²) >= 11 is 0. The molecule has 0 heterocycles. The van der Waals surface area contributed by atoms with Gasteiger partial charge in [0.1, 0.15) is 6.61 Å². The Morgan fingerprint density at radius 3 is 2.31 bits per heavy atom. The molecule has 5 heteroatoms. The highest BCUT2D eigenvalue weighted by Crippen LogP contribution is 1.87. The third-order valence-electron chi connectivity index (χ3n) is 1.00. The summed E-state index contributed by atoms with van der Waals surface area (Å²) in [6.07, 6.45) is 2.78. The van der Waals surface area contributed by atoms with Gasteiger partial charge in [-0.1, -0.05) is 6.08 Å². The quantitative estimate of drug-likeness (QED) is 0.313. The van der Waals surface area contributed by atoms with E-state index in [4.69, 9.17) is 9.90 Å². The molecular formula is C8H13NO4. The van der Waals surface area contributed by atoms with Crippen LogP contribution in [0.15, 0.2) is 16.8 Å². The first-order valence-electron chi connectivity index (χ1n) is 3.65. The van der Waals surface area contributed by atoms with Crippen LogP contribution in [0, 0.1) is 0 Å². The Morgan fingerprint density at radius 1 is 1.69 bits per heavy atom. The second kappa shape index (κ2) is 10.4. The van der Waals surface area contributed by atoms with Gasteiger partial charge in [0.25, 0.3) is 6.08 Å². The first kappa shape index (κ1) is 13.9. The van der Waals surface area contributed by atoms with Crippen LogP contribution < -0.4 is 0 Å². The van der Waals surface area contributed by atoms with Gasteiger partial charge in [-0.2, -0.15) is 0 Å². The smallest absolute Gasteiger partial charge is 0.330 e. The fourth-order valence-corrected chi connectivity index (χ4v) is 0.214. The Balaban J connectivity index is 0. The van der Waals surface area contributed by atoms with Gasteiger partial charge in [0.15, 0.2) is 0 Å². The number of isocyanates is 1. The van der Waals surface area contributed by atoms with Crippen molar-refractivity contribution in [2.75, 3.05) is 6.61 Å². The summed E-state index contributed by atoms with van der Waals surface area (Å²) in [6, 6.07) is 0. The normalized spacial score (nSPS) is 9.00. The number of carboxylic acids is 1. The summed E-state index contributed by atoms with van der Waals surface area (Å²) in [5.74, 6) is -0.845. The minimum atomic E-state index is -0.845. The Kier molecular flexibility index (Phi) is 11.1. The summed E-state index contributed by atoms with van der Waals surface area (Å²) in [7, 11) is 0. The molecule has 0 aromatic carbocycles. The number of hydrogen-bond donors (Lipinski definition) is 1. The van der Waals surface area contributed by atoms with Gasteiger partial charge < -0.3 is 9.94 Å². The minimum absolute atomic E-state index is 0.389. The van der Waals surface area contributed by atoms with Gasteiger partial charge in [-0.3, -0.25) is 0 Å². The Morgan fingerprint density at radius 2 is 2.23 bits per heavy atom. The van der Waals surface area contributed by atoms with Crippen molar-refractivity contribution in [2.45, 2.75) is 20.8 Å². The van der Waals surface area contributed by atoms with Crippen molar-refractivity contribution in [3.8, 4) is 0 Å². The Bertz CT molecular complexity index is 216. The lowest BCUT2D eigenvalue weighted by molar-refractivity contribution is -0.132. The van der Waals surface area contributed by atoms with Crippen LogP contribution in [-0.4, -0.2) is 23.8 Å². The Labute approximate surface area is 76.7 Å². The highest BCUT2D eigenvalue weighted by molar-refractivity contribution is 5.85. The van der Waals surface area contributed by atoms with E-state index in [1.165, 1.54) is 6.08 Å². The summed E-state index contributed by atoms with van der Waals surface area (Å²) < 4.78 is 0. The minimum Gasteiger partial charge on any atom is -0.478 e. The average Bonchev–Trinajstić information content (AvgIpc) is 2.14. The van der Waals surface area contributed by atoms with Gasteiger partial charge in [-0.05, 0) is 20.8 Å². The molecule has 0 bridgehead atoms. The van der Waals surface area contributed by atoms with Crippen LogP contribution >= 0.6 is 0 Å². The van der Waals surface area contributed by atoms with E-state index in [1.807, 2.05) is 0 Å². The molecule has 0 saturated heterocycles. The molecule has 0 radical (unpaired) electrons. The van der Waals surface area contributed by atoms with Gasteiger partial charge in [0.2, 0.25) is 0 Å². The predicted molar refractivity (Wildman–Crippen MR) is 46.8 cm³/mol. The molecule has 0 amide bonds. The number of carbonyl (C=O) groups excluding carboxylic acids is 1. The molecule has 0 spiro atoms. The van der Waals surface area contributed by atoms with Crippen LogP contribution in [0.1, 0.15) is 20.8 Å². The second-order valence-electron chi connectivity index (χ2n) is 1.88. The number of rotatable bonds is 3. The molecule has 0 saturated carbocycles. The van der Waals surface area contributed by atoms with Crippen molar-refractivity contribution in [3.63, 3.8) is 0 Å². The highest BCUT2D eigenvalue weighted by Gasteiger charge is 1.93. The van der Waals surface area contributed by atoms with Gasteiger partial charge >= 0.3 is 5.97 Å². The largest absolute Gasteiger partial charge is 0.478 e. The van der Waals surface area contributed by atoms with E-state index in [0.29, 0.717) is 12.2 Å². The van der Waals surface area contributed by atoms with Gasteiger partial charge in [-0.15, -0.1) is 0 Å². The van der Waals surface area contributed by atoms with E-state index in [-0.39, 0.29) is 0 Å². The van der Waals surface area contributed by atoms with Gasteiger partial charge in [0, 0.05) is 10.7 Å². The van der Waals surface area contributed by atoms with Crippen molar-refractivity contribution in [1.82, 2.24) is 0 Å². The molecule has 0 aliphatic carbocycles. The maximum Gasteiger partial charge on any atom is 0.330 e. The van der Waals surface area contributed by atoms with E-state index in [1.54, 1.807) is 26.8 Å². The maximum atomic E-state index is 9.86. The van der Waals surface area contributed by atoms with Crippen molar-refractivity contribution in [3.05, 3.63) is 11.6 Å². The number of carboxylic acid groups (broad SMARTS) is 1. The van der Waals surface area contributed by atoms with Crippen LogP contribution in [0.25, 0.3) is 0 Å². The summed E-state index contributed by atoms with van der Waals surface area (Å²) in [5, 5.41) is 10.9. The lowest BCUT2D eigenvalue weighted by Gasteiger charge is -1.84. The molecule has 5 nitrogen and oxygen atoms in total. The molecule has 0 aromatic heterocycles. The SMILES string of the molecule is CC=C(C)C(=O)O.CCON=C=O. The number of allylic oxidation sites excluding steroid dienone is 1. The molecule has 1 N–H and O–H groups in total. The molecular weight excluding hydrogens is 174 g/mol. The molecule has 0 aliphatic heterocycles. The monoisotopic (exact) mass is 187 g/mol. The third-order valence-corrected chi connectivity index (χ3v) is 1.00. The zero-order valence-electron chi connectivity index (χ0n) is 7.90. The second-order valence-corrected chi connectivity index (χ2v) is 1.88. The van der Waals surface area contributed by atoms with Crippen LogP contribution in [-0.2, 0) is 14.4 Å². The van der Waals surface area contributed by atoms with Crippen LogP contribution in [0.2, 0.25) is 0 Å². The van der Waals surface area contributed by atoms with E-state index < -0.39 is 5.97 Å².